The summed E-state index contributed by atoms with van der Waals surface area (Å²) in [5.74, 6) is -0.937. The van der Waals surface area contributed by atoms with Gasteiger partial charge in [-0.25, -0.2) is 14.8 Å². The maximum Gasteiger partial charge on any atom is 0.329 e. The van der Waals surface area contributed by atoms with Gasteiger partial charge in [-0.1, -0.05) is 13.3 Å². The summed E-state index contributed by atoms with van der Waals surface area (Å²) in [5.41, 5.74) is -0.438. The number of carbonyl (C=O) groups is 2. The van der Waals surface area contributed by atoms with Gasteiger partial charge in [-0.2, -0.15) is 0 Å². The molecule has 1 heterocycles. The zero-order valence-corrected chi connectivity index (χ0v) is 11.6. The summed E-state index contributed by atoms with van der Waals surface area (Å²) in [6, 6.07) is 0. The fourth-order valence-corrected chi connectivity index (χ4v) is 1.85. The largest absolute Gasteiger partial charge is 0.480 e. The summed E-state index contributed by atoms with van der Waals surface area (Å²) in [5, 5.41) is 11.8. The van der Waals surface area contributed by atoms with E-state index in [0.717, 1.165) is 0 Å². The molecule has 6 heteroatoms. The summed E-state index contributed by atoms with van der Waals surface area (Å²) in [6.45, 7) is 6.79. The Hall–Kier alpha value is -1.98. The van der Waals surface area contributed by atoms with Crippen LogP contribution in [0.3, 0.4) is 0 Å². The van der Waals surface area contributed by atoms with Gasteiger partial charge in [0, 0.05) is 6.20 Å². The van der Waals surface area contributed by atoms with E-state index in [1.807, 2.05) is 6.92 Å². The highest BCUT2D eigenvalue weighted by molar-refractivity contribution is 5.98. The first kappa shape index (κ1) is 15.1. The number of nitrogens with zero attached hydrogens (tertiary/aromatic N) is 2. The second kappa shape index (κ2) is 5.77. The molecule has 0 spiro atoms. The summed E-state index contributed by atoms with van der Waals surface area (Å²) in [7, 11) is 0. The minimum Gasteiger partial charge on any atom is -0.480 e. The smallest absolute Gasteiger partial charge is 0.329 e. The molecular weight excluding hydrogens is 246 g/mol. The fraction of sp³-hybridized carbons (Fsp3) is 0.538. The van der Waals surface area contributed by atoms with Gasteiger partial charge in [-0.15, -0.1) is 0 Å². The predicted molar refractivity (Wildman–Crippen MR) is 69.9 cm³/mol. The van der Waals surface area contributed by atoms with Crippen LogP contribution in [0.15, 0.2) is 6.20 Å². The number of aryl methyl sites for hydroxylation is 2. The maximum atomic E-state index is 12.1. The molecule has 0 aliphatic carbocycles. The lowest BCUT2D eigenvalue weighted by Gasteiger charge is -2.25. The fourth-order valence-electron chi connectivity index (χ4n) is 1.85. The first-order chi connectivity index (χ1) is 8.80. The van der Waals surface area contributed by atoms with Crippen molar-refractivity contribution in [2.24, 2.45) is 0 Å². The topological polar surface area (TPSA) is 92.2 Å². The third kappa shape index (κ3) is 3.49. The Labute approximate surface area is 112 Å². The molecule has 104 valence electrons. The van der Waals surface area contributed by atoms with Gasteiger partial charge in [0.2, 0.25) is 0 Å². The quantitative estimate of drug-likeness (QED) is 0.841. The van der Waals surface area contributed by atoms with Crippen LogP contribution in [0.4, 0.5) is 0 Å². The SMILES string of the molecule is CCCC(C)(NC(=O)c1cnc(C)nc1C)C(=O)O. The molecule has 19 heavy (non-hydrogen) atoms. The van der Waals surface area contributed by atoms with E-state index in [2.05, 4.69) is 15.3 Å². The molecule has 1 atom stereocenters. The van der Waals surface area contributed by atoms with Crippen LogP contribution in [0, 0.1) is 13.8 Å². The molecule has 1 amide bonds. The van der Waals surface area contributed by atoms with Crippen LogP contribution in [-0.2, 0) is 4.79 Å². The summed E-state index contributed by atoms with van der Waals surface area (Å²) < 4.78 is 0. The molecule has 0 saturated carbocycles. The Morgan fingerprint density at radius 1 is 1.42 bits per heavy atom. The molecule has 0 fully saturated rings. The van der Waals surface area contributed by atoms with Gasteiger partial charge in [0.25, 0.3) is 5.91 Å². The van der Waals surface area contributed by atoms with Crippen molar-refractivity contribution in [3.05, 3.63) is 23.3 Å². The molecule has 0 saturated heterocycles. The van der Waals surface area contributed by atoms with E-state index in [4.69, 9.17) is 0 Å². The first-order valence-electron chi connectivity index (χ1n) is 6.16. The van der Waals surface area contributed by atoms with Crippen LogP contribution < -0.4 is 5.32 Å². The van der Waals surface area contributed by atoms with E-state index in [1.54, 1.807) is 13.8 Å². The molecule has 1 aromatic rings. The van der Waals surface area contributed by atoms with Crippen molar-refractivity contribution in [1.82, 2.24) is 15.3 Å². The van der Waals surface area contributed by atoms with Crippen molar-refractivity contribution in [1.29, 1.82) is 0 Å². The molecular formula is C13H19N3O3. The van der Waals surface area contributed by atoms with Crippen LogP contribution >= 0.6 is 0 Å². The Kier molecular flexibility index (Phi) is 4.58. The van der Waals surface area contributed by atoms with Crippen molar-refractivity contribution in [2.45, 2.75) is 46.1 Å². The third-order valence-corrected chi connectivity index (χ3v) is 2.96. The van der Waals surface area contributed by atoms with Gasteiger partial charge in [0.15, 0.2) is 0 Å². The lowest BCUT2D eigenvalue weighted by molar-refractivity contribution is -0.144. The number of hydrogen-bond donors (Lipinski definition) is 2. The molecule has 0 aliphatic rings. The Balaban J connectivity index is 2.97. The number of carboxylic acids is 1. The third-order valence-electron chi connectivity index (χ3n) is 2.96. The number of amides is 1. The average molecular weight is 265 g/mol. The van der Waals surface area contributed by atoms with Crippen LogP contribution in [0.1, 0.15) is 48.6 Å². The number of nitrogens with one attached hydrogen (secondary N) is 1. The maximum absolute atomic E-state index is 12.1. The van der Waals surface area contributed by atoms with Gasteiger partial charge in [0.1, 0.15) is 11.4 Å². The van der Waals surface area contributed by atoms with Crippen molar-refractivity contribution >= 4 is 11.9 Å². The van der Waals surface area contributed by atoms with E-state index < -0.39 is 17.4 Å². The number of hydrogen-bond acceptors (Lipinski definition) is 4. The van der Waals surface area contributed by atoms with Crippen LogP contribution in [0.2, 0.25) is 0 Å². The zero-order chi connectivity index (χ0) is 14.6. The van der Waals surface area contributed by atoms with Gasteiger partial charge in [0.05, 0.1) is 11.3 Å². The Morgan fingerprint density at radius 3 is 2.53 bits per heavy atom. The molecule has 6 nitrogen and oxygen atoms in total. The van der Waals surface area contributed by atoms with Gasteiger partial charge in [-0.05, 0) is 27.2 Å². The lowest BCUT2D eigenvalue weighted by atomic mass is 9.96. The van der Waals surface area contributed by atoms with Gasteiger partial charge in [-0.3, -0.25) is 4.79 Å². The second-order valence-corrected chi connectivity index (χ2v) is 4.76. The highest BCUT2D eigenvalue weighted by atomic mass is 16.4. The first-order valence-corrected chi connectivity index (χ1v) is 6.16. The molecule has 2 N–H and O–H groups in total. The number of rotatable bonds is 5. The van der Waals surface area contributed by atoms with E-state index in [1.165, 1.54) is 13.1 Å². The van der Waals surface area contributed by atoms with E-state index >= 15 is 0 Å². The number of aromatic nitrogens is 2. The second-order valence-electron chi connectivity index (χ2n) is 4.76. The average Bonchev–Trinajstić information content (AvgIpc) is 2.28. The minimum absolute atomic E-state index is 0.300. The molecule has 1 rings (SSSR count). The van der Waals surface area contributed by atoms with E-state index in [9.17, 15) is 14.7 Å². The lowest BCUT2D eigenvalue weighted by Crippen LogP contribution is -2.52. The number of carbonyl (C=O) groups excluding carboxylic acids is 1. The summed E-state index contributed by atoms with van der Waals surface area (Å²) in [6.07, 6.45) is 2.44. The monoisotopic (exact) mass is 265 g/mol. The molecule has 0 radical (unpaired) electrons. The van der Waals surface area contributed by atoms with Crippen molar-refractivity contribution in [2.75, 3.05) is 0 Å². The molecule has 1 unspecified atom stereocenters. The molecule has 0 aliphatic heterocycles. The standard InChI is InChI=1S/C13H19N3O3/c1-5-6-13(4,12(18)19)16-11(17)10-7-14-9(3)15-8(10)2/h7H,5-6H2,1-4H3,(H,16,17)(H,18,19). The van der Waals surface area contributed by atoms with E-state index in [-0.39, 0.29) is 0 Å². The Bertz CT molecular complexity index is 502. The Morgan fingerprint density at radius 2 is 2.05 bits per heavy atom. The van der Waals surface area contributed by atoms with Crippen molar-refractivity contribution in [3.63, 3.8) is 0 Å². The normalized spacial score (nSPS) is 13.7. The van der Waals surface area contributed by atoms with Crippen LogP contribution in [0.5, 0.6) is 0 Å². The van der Waals surface area contributed by atoms with Crippen LogP contribution in [0.25, 0.3) is 0 Å². The van der Waals surface area contributed by atoms with Crippen molar-refractivity contribution in [3.8, 4) is 0 Å². The number of aliphatic carboxylic acids is 1. The highest BCUT2D eigenvalue weighted by Gasteiger charge is 2.34. The minimum atomic E-state index is -1.27. The molecule has 0 aromatic carbocycles. The highest BCUT2D eigenvalue weighted by Crippen LogP contribution is 2.14. The zero-order valence-electron chi connectivity index (χ0n) is 11.6. The predicted octanol–water partition coefficient (Wildman–Crippen LogP) is 1.47. The molecule has 0 bridgehead atoms. The molecule has 1 aromatic heterocycles. The van der Waals surface area contributed by atoms with Crippen molar-refractivity contribution < 1.29 is 14.7 Å². The number of carboxylic acid groups (broad SMARTS) is 1. The van der Waals surface area contributed by atoms with E-state index in [0.29, 0.717) is 29.9 Å². The van der Waals surface area contributed by atoms with Gasteiger partial charge >= 0.3 is 5.97 Å². The van der Waals surface area contributed by atoms with Crippen LogP contribution in [-0.4, -0.2) is 32.5 Å². The van der Waals surface area contributed by atoms with Gasteiger partial charge < -0.3 is 10.4 Å². The summed E-state index contributed by atoms with van der Waals surface area (Å²) >= 11 is 0. The summed E-state index contributed by atoms with van der Waals surface area (Å²) in [4.78, 5) is 31.4.